The van der Waals surface area contributed by atoms with Crippen LogP contribution in [-0.2, 0) is 16.1 Å². The predicted octanol–water partition coefficient (Wildman–Crippen LogP) is 2.75. The van der Waals surface area contributed by atoms with Gasteiger partial charge in [-0.05, 0) is 36.8 Å². The van der Waals surface area contributed by atoms with Gasteiger partial charge in [-0.25, -0.2) is 0 Å². The number of amides is 1. The van der Waals surface area contributed by atoms with Crippen molar-refractivity contribution in [3.63, 3.8) is 0 Å². The van der Waals surface area contributed by atoms with Gasteiger partial charge in [0.15, 0.2) is 0 Å². The van der Waals surface area contributed by atoms with Crippen LogP contribution in [0.15, 0.2) is 47.1 Å². The van der Waals surface area contributed by atoms with Crippen molar-refractivity contribution in [3.8, 4) is 0 Å². The molecule has 0 unspecified atom stereocenters. The lowest BCUT2D eigenvalue weighted by Gasteiger charge is -2.28. The van der Waals surface area contributed by atoms with E-state index in [2.05, 4.69) is 22.3 Å². The van der Waals surface area contributed by atoms with Crippen LogP contribution in [-0.4, -0.2) is 32.2 Å². The number of carbonyl (C=O) groups is 1. The molecule has 1 fully saturated rings. The largest absolute Gasteiger partial charge is 0.469 e. The predicted molar refractivity (Wildman–Crippen MR) is 93.8 cm³/mol. The number of hydrogen-bond donors (Lipinski definition) is 1. The Kier molecular flexibility index (Phi) is 5.33. The second-order valence-electron chi connectivity index (χ2n) is 5.74. The van der Waals surface area contributed by atoms with Gasteiger partial charge >= 0.3 is 0 Å². The Morgan fingerprint density at radius 2 is 1.96 bits per heavy atom. The van der Waals surface area contributed by atoms with Gasteiger partial charge in [-0.1, -0.05) is 12.1 Å². The van der Waals surface area contributed by atoms with Crippen LogP contribution in [0.2, 0.25) is 0 Å². The molecule has 0 radical (unpaired) electrons. The van der Waals surface area contributed by atoms with Crippen molar-refractivity contribution in [2.24, 2.45) is 0 Å². The molecule has 1 N–H and O–H groups in total. The lowest BCUT2D eigenvalue weighted by atomic mass is 10.1. The first-order valence-electron chi connectivity index (χ1n) is 8.14. The van der Waals surface area contributed by atoms with E-state index >= 15 is 0 Å². The number of anilines is 1. The zero-order valence-corrected chi connectivity index (χ0v) is 13.8. The van der Waals surface area contributed by atoms with Crippen molar-refractivity contribution in [3.05, 3.63) is 59.6 Å². The summed E-state index contributed by atoms with van der Waals surface area (Å²) in [7, 11) is 0. The number of nitrogens with one attached hydrogen (secondary N) is 1. The van der Waals surface area contributed by atoms with Crippen molar-refractivity contribution in [1.29, 1.82) is 0 Å². The highest BCUT2D eigenvalue weighted by molar-refractivity contribution is 5.91. The molecular weight excluding hydrogens is 304 g/mol. The van der Waals surface area contributed by atoms with E-state index in [4.69, 9.17) is 9.15 Å². The Bertz CT molecular complexity index is 698. The van der Waals surface area contributed by atoms with Gasteiger partial charge in [0.05, 0.1) is 19.5 Å². The van der Waals surface area contributed by atoms with E-state index in [0.717, 1.165) is 43.2 Å². The molecule has 0 atom stereocenters. The fraction of sp³-hybridized carbons (Fsp3) is 0.316. The summed E-state index contributed by atoms with van der Waals surface area (Å²) in [6.45, 7) is 5.75. The molecule has 1 aliphatic rings. The summed E-state index contributed by atoms with van der Waals surface area (Å²) >= 11 is 0. The lowest BCUT2D eigenvalue weighted by molar-refractivity contribution is -0.116. The van der Waals surface area contributed by atoms with Gasteiger partial charge in [0, 0.05) is 37.0 Å². The molecule has 1 saturated heterocycles. The van der Waals surface area contributed by atoms with Gasteiger partial charge in [0.1, 0.15) is 5.76 Å². The lowest BCUT2D eigenvalue weighted by Crippen LogP contribution is -2.36. The average molecular weight is 326 g/mol. The molecule has 1 amide bonds. The first-order chi connectivity index (χ1) is 11.7. The Balaban J connectivity index is 1.52. The first kappa shape index (κ1) is 16.3. The monoisotopic (exact) mass is 326 g/mol. The minimum Gasteiger partial charge on any atom is -0.469 e. The van der Waals surface area contributed by atoms with Crippen LogP contribution in [0, 0.1) is 6.92 Å². The summed E-state index contributed by atoms with van der Waals surface area (Å²) in [5.74, 6) is 0.714. The van der Waals surface area contributed by atoms with Crippen molar-refractivity contribution < 1.29 is 13.9 Å². The van der Waals surface area contributed by atoms with E-state index in [9.17, 15) is 4.79 Å². The molecule has 0 bridgehead atoms. The Labute approximate surface area is 141 Å². The Morgan fingerprint density at radius 3 is 2.62 bits per heavy atom. The number of ether oxygens (including phenoxy) is 1. The Morgan fingerprint density at radius 1 is 1.21 bits per heavy atom. The molecule has 5 nitrogen and oxygen atoms in total. The molecule has 1 aromatic heterocycles. The highest BCUT2D eigenvalue weighted by Gasteiger charge is 2.10. The normalized spacial score (nSPS) is 15.0. The molecular formula is C19H22N2O3. The van der Waals surface area contributed by atoms with E-state index in [1.165, 1.54) is 5.69 Å². The van der Waals surface area contributed by atoms with Gasteiger partial charge in [0.25, 0.3) is 0 Å². The molecule has 2 aromatic rings. The zero-order chi connectivity index (χ0) is 16.8. The highest BCUT2D eigenvalue weighted by Crippen LogP contribution is 2.17. The molecule has 2 heterocycles. The second-order valence-corrected chi connectivity index (χ2v) is 5.74. The standard InChI is InChI=1S/C19H22N2O3/c1-15-17(8-11-24-15)14-20-19(22)7-4-16-2-5-18(6-3-16)21-9-12-23-13-10-21/h2-8,11H,9-10,12-14H2,1H3,(H,20,22)/b7-4-. The third-order valence-electron chi connectivity index (χ3n) is 4.12. The van der Waals surface area contributed by atoms with E-state index in [-0.39, 0.29) is 5.91 Å². The van der Waals surface area contributed by atoms with Crippen LogP contribution in [0.4, 0.5) is 5.69 Å². The highest BCUT2D eigenvalue weighted by atomic mass is 16.5. The van der Waals surface area contributed by atoms with Gasteiger partial charge in [-0.3, -0.25) is 4.79 Å². The summed E-state index contributed by atoms with van der Waals surface area (Å²) < 4.78 is 10.6. The average Bonchev–Trinajstić information content (AvgIpc) is 3.04. The van der Waals surface area contributed by atoms with Crippen molar-refractivity contribution in [2.75, 3.05) is 31.2 Å². The first-order valence-corrected chi connectivity index (χ1v) is 8.14. The van der Waals surface area contributed by atoms with Crippen LogP contribution < -0.4 is 10.2 Å². The number of carbonyl (C=O) groups excluding carboxylic acids is 1. The zero-order valence-electron chi connectivity index (χ0n) is 13.8. The maximum Gasteiger partial charge on any atom is 0.244 e. The molecule has 0 spiro atoms. The van der Waals surface area contributed by atoms with Crippen LogP contribution in [0.1, 0.15) is 16.9 Å². The summed E-state index contributed by atoms with van der Waals surface area (Å²) in [6, 6.07) is 10.1. The molecule has 0 saturated carbocycles. The SMILES string of the molecule is Cc1occc1CNC(=O)/C=C\c1ccc(N2CCOCC2)cc1. The number of benzene rings is 1. The summed E-state index contributed by atoms with van der Waals surface area (Å²) in [4.78, 5) is 14.2. The van der Waals surface area contributed by atoms with Crippen molar-refractivity contribution >= 4 is 17.7 Å². The molecule has 5 heteroatoms. The molecule has 0 aliphatic carbocycles. The topological polar surface area (TPSA) is 54.7 Å². The van der Waals surface area contributed by atoms with Crippen LogP contribution in [0.5, 0.6) is 0 Å². The summed E-state index contributed by atoms with van der Waals surface area (Å²) in [6.07, 6.45) is 5.00. The second kappa shape index (κ2) is 7.84. The van der Waals surface area contributed by atoms with E-state index in [0.29, 0.717) is 6.54 Å². The molecule has 24 heavy (non-hydrogen) atoms. The summed E-state index contributed by atoms with van der Waals surface area (Å²) in [5.41, 5.74) is 3.18. The molecule has 3 rings (SSSR count). The number of aryl methyl sites for hydroxylation is 1. The van der Waals surface area contributed by atoms with Crippen molar-refractivity contribution in [2.45, 2.75) is 13.5 Å². The van der Waals surface area contributed by atoms with Gasteiger partial charge < -0.3 is 19.4 Å². The summed E-state index contributed by atoms with van der Waals surface area (Å²) in [5, 5.41) is 2.85. The maximum atomic E-state index is 11.9. The Hall–Kier alpha value is -2.53. The van der Waals surface area contributed by atoms with Gasteiger partial charge in [-0.2, -0.15) is 0 Å². The number of rotatable bonds is 5. The minimum atomic E-state index is -0.118. The third-order valence-corrected chi connectivity index (χ3v) is 4.12. The maximum absolute atomic E-state index is 11.9. The quantitative estimate of drug-likeness (QED) is 0.859. The van der Waals surface area contributed by atoms with Crippen LogP contribution in [0.3, 0.4) is 0 Å². The number of furan rings is 1. The van der Waals surface area contributed by atoms with E-state index in [1.54, 1.807) is 12.3 Å². The van der Waals surface area contributed by atoms with E-state index in [1.807, 2.05) is 31.2 Å². The molecule has 1 aromatic carbocycles. The molecule has 1 aliphatic heterocycles. The number of morpholine rings is 1. The molecule has 126 valence electrons. The van der Waals surface area contributed by atoms with Crippen molar-refractivity contribution in [1.82, 2.24) is 5.32 Å². The fourth-order valence-corrected chi connectivity index (χ4v) is 2.63. The third kappa shape index (κ3) is 4.26. The van der Waals surface area contributed by atoms with Crippen LogP contribution >= 0.6 is 0 Å². The van der Waals surface area contributed by atoms with Gasteiger partial charge in [-0.15, -0.1) is 0 Å². The van der Waals surface area contributed by atoms with Crippen LogP contribution in [0.25, 0.3) is 6.08 Å². The van der Waals surface area contributed by atoms with E-state index < -0.39 is 0 Å². The fourth-order valence-electron chi connectivity index (χ4n) is 2.63. The number of nitrogens with zero attached hydrogens (tertiary/aromatic N) is 1. The smallest absolute Gasteiger partial charge is 0.244 e. The van der Waals surface area contributed by atoms with Gasteiger partial charge in [0.2, 0.25) is 5.91 Å². The minimum absolute atomic E-state index is 0.118. The number of hydrogen-bond acceptors (Lipinski definition) is 4.